The molecule has 0 bridgehead atoms. The number of carbonyl (C=O) groups excluding carboxylic acids is 3. The number of carbonyl (C=O) groups is 3. The Morgan fingerprint density at radius 1 is 1.23 bits per heavy atom. The molecule has 0 radical (unpaired) electrons. The number of hydrogen-bond acceptors (Lipinski definition) is 4. The van der Waals surface area contributed by atoms with Crippen molar-refractivity contribution in [3.05, 3.63) is 54.8 Å². The maximum atomic E-state index is 12.7. The van der Waals surface area contributed by atoms with Gasteiger partial charge < -0.3 is 14.5 Å². The molecule has 2 aliphatic rings. The zero-order valence-corrected chi connectivity index (χ0v) is 14.8. The van der Waals surface area contributed by atoms with Crippen LogP contribution in [-0.2, 0) is 14.3 Å². The van der Waals surface area contributed by atoms with Crippen molar-refractivity contribution in [2.45, 2.75) is 24.9 Å². The molecule has 2 amide bonds. The van der Waals surface area contributed by atoms with E-state index in [-0.39, 0.29) is 17.6 Å². The molecule has 1 saturated heterocycles. The fraction of sp³-hybridized carbons (Fsp3) is 0.350. The number of likely N-dealkylation sites (N-methyl/N-ethyl adjacent to an activating group) is 1. The number of amides is 2. The molecule has 6 heteroatoms. The summed E-state index contributed by atoms with van der Waals surface area (Å²) < 4.78 is 5.70. The number of anilines is 1. The Morgan fingerprint density at radius 3 is 2.46 bits per heavy atom. The van der Waals surface area contributed by atoms with Gasteiger partial charge in [-0.2, -0.15) is 0 Å². The smallest absolute Gasteiger partial charge is 0.253 e. The van der Waals surface area contributed by atoms with E-state index in [2.05, 4.69) is 6.58 Å². The SMILES string of the molecule is C=CC(=O)N(C)c1ccc(C(=O)N2CCC3(CC2)CC(=O)C=CO3)cc1. The predicted molar refractivity (Wildman–Crippen MR) is 97.8 cm³/mol. The highest BCUT2D eigenvalue weighted by Gasteiger charge is 2.40. The van der Waals surface area contributed by atoms with Gasteiger partial charge in [-0.3, -0.25) is 14.4 Å². The van der Waals surface area contributed by atoms with Gasteiger partial charge in [-0.25, -0.2) is 0 Å². The molecular weight excluding hydrogens is 332 g/mol. The minimum absolute atomic E-state index is 0.0539. The number of piperidine rings is 1. The molecule has 1 fully saturated rings. The minimum atomic E-state index is -0.458. The van der Waals surface area contributed by atoms with Crippen molar-refractivity contribution in [1.82, 2.24) is 4.90 Å². The molecule has 1 aromatic carbocycles. The molecule has 6 nitrogen and oxygen atoms in total. The molecule has 0 unspecified atom stereocenters. The second-order valence-corrected chi connectivity index (χ2v) is 6.69. The molecule has 0 aromatic heterocycles. The second-order valence-electron chi connectivity index (χ2n) is 6.69. The Bertz CT molecular complexity index is 759. The van der Waals surface area contributed by atoms with Gasteiger partial charge in [-0.1, -0.05) is 6.58 Å². The third kappa shape index (κ3) is 3.54. The fourth-order valence-corrected chi connectivity index (χ4v) is 3.36. The van der Waals surface area contributed by atoms with Gasteiger partial charge in [0.05, 0.1) is 12.7 Å². The lowest BCUT2D eigenvalue weighted by Gasteiger charge is -2.41. The van der Waals surface area contributed by atoms with Gasteiger partial charge in [0.15, 0.2) is 5.78 Å². The summed E-state index contributed by atoms with van der Waals surface area (Å²) in [5.74, 6) is -0.187. The van der Waals surface area contributed by atoms with Crippen LogP contribution in [0.25, 0.3) is 0 Å². The van der Waals surface area contributed by atoms with E-state index in [1.54, 1.807) is 36.2 Å². The standard InChI is InChI=1S/C20H22N2O4/c1-3-18(24)21(2)16-6-4-15(5-7-16)19(25)22-11-9-20(10-12-22)14-17(23)8-13-26-20/h3-8,13H,1,9-12,14H2,2H3. The van der Waals surface area contributed by atoms with Crippen LogP contribution in [0.1, 0.15) is 29.6 Å². The molecule has 0 saturated carbocycles. The first-order chi connectivity index (χ1) is 12.4. The Kier molecular flexibility index (Phi) is 4.93. The van der Waals surface area contributed by atoms with E-state index in [0.29, 0.717) is 43.6 Å². The Balaban J connectivity index is 1.63. The van der Waals surface area contributed by atoms with Gasteiger partial charge in [0.2, 0.25) is 5.91 Å². The lowest BCUT2D eigenvalue weighted by atomic mass is 9.85. The molecule has 2 aliphatic heterocycles. The molecule has 26 heavy (non-hydrogen) atoms. The summed E-state index contributed by atoms with van der Waals surface area (Å²) in [4.78, 5) is 39.3. The van der Waals surface area contributed by atoms with Gasteiger partial charge >= 0.3 is 0 Å². The van der Waals surface area contributed by atoms with E-state index in [1.165, 1.54) is 23.3 Å². The summed E-state index contributed by atoms with van der Waals surface area (Å²) in [5, 5.41) is 0. The van der Waals surface area contributed by atoms with E-state index in [0.717, 1.165) is 0 Å². The third-order valence-corrected chi connectivity index (χ3v) is 5.04. The van der Waals surface area contributed by atoms with Crippen molar-refractivity contribution in [1.29, 1.82) is 0 Å². The predicted octanol–water partition coefficient (Wildman–Crippen LogP) is 2.31. The first kappa shape index (κ1) is 17.9. The molecule has 0 atom stereocenters. The van der Waals surface area contributed by atoms with Crippen molar-refractivity contribution in [3.8, 4) is 0 Å². The highest BCUT2D eigenvalue weighted by atomic mass is 16.5. The van der Waals surface area contributed by atoms with Crippen LogP contribution in [0.4, 0.5) is 5.69 Å². The maximum absolute atomic E-state index is 12.7. The van der Waals surface area contributed by atoms with Crippen molar-refractivity contribution in [2.24, 2.45) is 0 Å². The summed E-state index contributed by atoms with van der Waals surface area (Å²) in [6.07, 6.45) is 5.84. The largest absolute Gasteiger partial charge is 0.494 e. The van der Waals surface area contributed by atoms with Crippen molar-refractivity contribution < 1.29 is 19.1 Å². The summed E-state index contributed by atoms with van der Waals surface area (Å²) >= 11 is 0. The van der Waals surface area contributed by atoms with Crippen molar-refractivity contribution in [2.75, 3.05) is 25.0 Å². The van der Waals surface area contributed by atoms with Crippen molar-refractivity contribution >= 4 is 23.3 Å². The molecular formula is C20H22N2O4. The summed E-state index contributed by atoms with van der Waals surface area (Å²) in [5.41, 5.74) is 0.815. The number of benzene rings is 1. The molecule has 3 rings (SSSR count). The first-order valence-corrected chi connectivity index (χ1v) is 8.61. The summed E-state index contributed by atoms with van der Waals surface area (Å²) in [7, 11) is 1.66. The Morgan fingerprint density at radius 2 is 1.88 bits per heavy atom. The van der Waals surface area contributed by atoms with Gasteiger partial charge in [0, 0.05) is 50.3 Å². The Labute approximate surface area is 152 Å². The summed E-state index contributed by atoms with van der Waals surface area (Å²) in [6, 6.07) is 6.93. The number of likely N-dealkylation sites (tertiary alicyclic amines) is 1. The van der Waals surface area contributed by atoms with Crippen LogP contribution in [0.2, 0.25) is 0 Å². The summed E-state index contributed by atoms with van der Waals surface area (Å²) in [6.45, 7) is 4.57. The van der Waals surface area contributed by atoms with Gasteiger partial charge in [-0.05, 0) is 30.3 Å². The maximum Gasteiger partial charge on any atom is 0.253 e. The lowest BCUT2D eigenvalue weighted by Crippen LogP contribution is -2.49. The average Bonchev–Trinajstić information content (AvgIpc) is 2.67. The van der Waals surface area contributed by atoms with E-state index in [9.17, 15) is 14.4 Å². The zero-order valence-electron chi connectivity index (χ0n) is 14.8. The highest BCUT2D eigenvalue weighted by molar-refractivity contribution is 6.01. The van der Waals surface area contributed by atoms with Crippen LogP contribution in [0.15, 0.2) is 49.3 Å². The minimum Gasteiger partial charge on any atom is -0.494 e. The lowest BCUT2D eigenvalue weighted by molar-refractivity contribution is -0.125. The second kappa shape index (κ2) is 7.15. The van der Waals surface area contributed by atoms with E-state index >= 15 is 0 Å². The van der Waals surface area contributed by atoms with Gasteiger partial charge in [0.1, 0.15) is 5.60 Å². The number of hydrogen-bond donors (Lipinski definition) is 0. The van der Waals surface area contributed by atoms with Crippen LogP contribution in [-0.4, -0.2) is 48.2 Å². The van der Waals surface area contributed by atoms with Crippen LogP contribution >= 0.6 is 0 Å². The van der Waals surface area contributed by atoms with Crippen molar-refractivity contribution in [3.63, 3.8) is 0 Å². The third-order valence-electron chi connectivity index (χ3n) is 5.04. The molecule has 2 heterocycles. The van der Waals surface area contributed by atoms with E-state index in [4.69, 9.17) is 4.74 Å². The number of ketones is 1. The van der Waals surface area contributed by atoms with Gasteiger partial charge in [-0.15, -0.1) is 0 Å². The van der Waals surface area contributed by atoms with E-state index < -0.39 is 5.60 Å². The number of rotatable bonds is 3. The molecule has 0 aliphatic carbocycles. The van der Waals surface area contributed by atoms with Gasteiger partial charge in [0.25, 0.3) is 5.91 Å². The van der Waals surface area contributed by atoms with Crippen LogP contribution < -0.4 is 4.90 Å². The molecule has 1 aromatic rings. The molecule has 136 valence electrons. The van der Waals surface area contributed by atoms with Crippen LogP contribution in [0.3, 0.4) is 0 Å². The normalized spacial score (nSPS) is 18.3. The Hall–Kier alpha value is -2.89. The monoisotopic (exact) mass is 354 g/mol. The van der Waals surface area contributed by atoms with Crippen LogP contribution in [0.5, 0.6) is 0 Å². The average molecular weight is 354 g/mol. The van der Waals surface area contributed by atoms with Crippen LogP contribution in [0, 0.1) is 0 Å². The topological polar surface area (TPSA) is 66.9 Å². The first-order valence-electron chi connectivity index (χ1n) is 8.61. The molecule has 0 N–H and O–H groups in total. The zero-order chi connectivity index (χ0) is 18.7. The molecule has 1 spiro atoms. The number of ether oxygens (including phenoxy) is 1. The quantitative estimate of drug-likeness (QED) is 0.781. The number of nitrogens with zero attached hydrogens (tertiary/aromatic N) is 2. The van der Waals surface area contributed by atoms with E-state index in [1.807, 2.05) is 0 Å². The fourth-order valence-electron chi connectivity index (χ4n) is 3.36. The highest BCUT2D eigenvalue weighted by Crippen LogP contribution is 2.33. The number of allylic oxidation sites excluding steroid dienone is 1.